The predicted molar refractivity (Wildman–Crippen MR) is 155 cm³/mol. The van der Waals surface area contributed by atoms with Gasteiger partial charge in [-0.25, -0.2) is 4.79 Å². The summed E-state index contributed by atoms with van der Waals surface area (Å²) in [5, 5.41) is 12.7. The van der Waals surface area contributed by atoms with Crippen molar-refractivity contribution in [2.75, 3.05) is 6.54 Å². The third-order valence-corrected chi connectivity index (χ3v) is 7.80. The molecule has 0 bridgehead atoms. The van der Waals surface area contributed by atoms with Gasteiger partial charge in [0.1, 0.15) is 11.3 Å². The van der Waals surface area contributed by atoms with Gasteiger partial charge in [-0.3, -0.25) is 9.69 Å². The summed E-state index contributed by atoms with van der Waals surface area (Å²) in [5.41, 5.74) is -5.23. The smallest absolute Gasteiger partial charge is 0.430 e. The first-order valence-corrected chi connectivity index (χ1v) is 14.4. The normalized spacial score (nSPS) is 17.6. The minimum Gasteiger partial charge on any atom is -0.491 e. The zero-order valence-electron chi connectivity index (χ0n) is 25.1. The maximum absolute atomic E-state index is 13.5. The number of carbonyl (C=O) groups excluding carboxylic acids is 2. The number of amides is 3. The number of alkyl halides is 6. The summed E-state index contributed by atoms with van der Waals surface area (Å²) < 4.78 is 86.8. The number of imide groups is 1. The monoisotopic (exact) mass is 636 g/mol. The first-order chi connectivity index (χ1) is 20.9. The second-order valence-corrected chi connectivity index (χ2v) is 11.5. The Morgan fingerprint density at radius 3 is 2.13 bits per heavy atom. The summed E-state index contributed by atoms with van der Waals surface area (Å²) in [7, 11) is 0. The molecule has 3 aromatic carbocycles. The third-order valence-electron chi connectivity index (χ3n) is 7.80. The van der Waals surface area contributed by atoms with Gasteiger partial charge in [-0.1, -0.05) is 67.9 Å². The van der Waals surface area contributed by atoms with Crippen LogP contribution in [0.25, 0.3) is 11.1 Å². The van der Waals surface area contributed by atoms with Crippen LogP contribution in [-0.2, 0) is 28.8 Å². The number of urea groups is 1. The largest absolute Gasteiger partial charge is 0.491 e. The fraction of sp³-hybridized carbons (Fsp3) is 0.394. The van der Waals surface area contributed by atoms with Gasteiger partial charge in [-0.15, -0.1) is 0 Å². The number of halogens is 6. The fourth-order valence-electron chi connectivity index (χ4n) is 5.43. The highest BCUT2D eigenvalue weighted by molar-refractivity contribution is 6.07. The van der Waals surface area contributed by atoms with Gasteiger partial charge in [0.05, 0.1) is 6.10 Å². The fourth-order valence-corrected chi connectivity index (χ4v) is 5.43. The Morgan fingerprint density at radius 1 is 0.911 bits per heavy atom. The average Bonchev–Trinajstić information content (AvgIpc) is 3.18. The Morgan fingerprint density at radius 2 is 1.56 bits per heavy atom. The maximum Gasteiger partial charge on any atom is 0.430 e. The molecule has 1 aliphatic heterocycles. The van der Waals surface area contributed by atoms with Crippen LogP contribution in [-0.4, -0.2) is 46.9 Å². The number of aryl methyl sites for hydroxylation is 1. The van der Waals surface area contributed by atoms with E-state index < -0.39 is 41.0 Å². The van der Waals surface area contributed by atoms with E-state index in [2.05, 4.69) is 5.32 Å². The van der Waals surface area contributed by atoms with Gasteiger partial charge in [0.15, 0.2) is 0 Å². The van der Waals surface area contributed by atoms with Gasteiger partial charge in [0.2, 0.25) is 0 Å². The first kappa shape index (κ1) is 33.8. The van der Waals surface area contributed by atoms with E-state index in [1.54, 1.807) is 62.4 Å². The van der Waals surface area contributed by atoms with Crippen molar-refractivity contribution in [1.82, 2.24) is 10.2 Å². The second kappa shape index (κ2) is 12.4. The maximum atomic E-state index is 13.5. The van der Waals surface area contributed by atoms with Crippen LogP contribution >= 0.6 is 0 Å². The van der Waals surface area contributed by atoms with Crippen molar-refractivity contribution >= 4 is 11.9 Å². The second-order valence-electron chi connectivity index (χ2n) is 11.5. The molecule has 242 valence electrons. The standard InChI is InChI=1S/C33H34F6N2O4/c1-5-7-22-19-25(31(44,32(34,35)36)33(37,38)39)12-15-27(22)23-9-6-8-21(18-23)16-17-41-28(42)30(4,40-29(41)43)24-10-13-26(14-11-24)45-20(2)3/h6,8-15,18-20,44H,5,7,16-17H2,1-4H3,(H,40,43). The molecule has 0 saturated carbocycles. The summed E-state index contributed by atoms with van der Waals surface area (Å²) in [6.45, 7) is 7.15. The molecule has 2 N–H and O–H groups in total. The number of aliphatic hydroxyl groups is 1. The Kier molecular flexibility index (Phi) is 9.31. The van der Waals surface area contributed by atoms with Crippen molar-refractivity contribution in [2.45, 2.75) is 76.6 Å². The third kappa shape index (κ3) is 6.51. The van der Waals surface area contributed by atoms with Crippen molar-refractivity contribution in [3.63, 3.8) is 0 Å². The van der Waals surface area contributed by atoms with Crippen molar-refractivity contribution in [3.05, 3.63) is 89.0 Å². The molecule has 0 aliphatic carbocycles. The van der Waals surface area contributed by atoms with E-state index in [1.807, 2.05) is 13.8 Å². The van der Waals surface area contributed by atoms with Crippen LogP contribution in [0.15, 0.2) is 66.7 Å². The van der Waals surface area contributed by atoms with E-state index in [0.29, 0.717) is 40.5 Å². The molecule has 1 aliphatic rings. The molecule has 3 amide bonds. The van der Waals surface area contributed by atoms with Crippen LogP contribution in [0.3, 0.4) is 0 Å². The van der Waals surface area contributed by atoms with Crippen LogP contribution in [0.1, 0.15) is 56.4 Å². The Hall–Kier alpha value is -4.06. The van der Waals surface area contributed by atoms with Crippen molar-refractivity contribution in [1.29, 1.82) is 0 Å². The van der Waals surface area contributed by atoms with Crippen molar-refractivity contribution in [3.8, 4) is 16.9 Å². The molecule has 4 rings (SSSR count). The summed E-state index contributed by atoms with van der Waals surface area (Å²) in [5.74, 6) is 0.183. The number of ether oxygens (including phenoxy) is 1. The molecule has 1 heterocycles. The quantitative estimate of drug-likeness (QED) is 0.179. The highest BCUT2D eigenvalue weighted by atomic mass is 19.4. The Labute approximate surface area is 257 Å². The molecular formula is C33H34F6N2O4. The minimum absolute atomic E-state index is 0.0310. The summed E-state index contributed by atoms with van der Waals surface area (Å²) in [4.78, 5) is 27.4. The van der Waals surface area contributed by atoms with Gasteiger partial charge in [-0.05, 0) is 73.6 Å². The number of nitrogens with one attached hydrogen (secondary N) is 1. The van der Waals surface area contributed by atoms with Crippen LogP contribution in [0.4, 0.5) is 31.1 Å². The molecule has 45 heavy (non-hydrogen) atoms. The van der Waals surface area contributed by atoms with E-state index >= 15 is 0 Å². The molecule has 12 heteroatoms. The van der Waals surface area contributed by atoms with Gasteiger partial charge in [0.25, 0.3) is 11.5 Å². The molecule has 0 radical (unpaired) electrons. The topological polar surface area (TPSA) is 78.9 Å². The number of benzene rings is 3. The molecule has 0 spiro atoms. The van der Waals surface area contributed by atoms with Crippen LogP contribution < -0.4 is 10.1 Å². The molecule has 1 unspecified atom stereocenters. The van der Waals surface area contributed by atoms with Gasteiger partial charge >= 0.3 is 18.4 Å². The zero-order chi connectivity index (χ0) is 33.4. The molecule has 6 nitrogen and oxygen atoms in total. The van der Waals surface area contributed by atoms with Crippen molar-refractivity contribution < 1.29 is 45.8 Å². The SMILES string of the molecule is CCCc1cc(C(O)(C(F)(F)F)C(F)(F)F)ccc1-c1cccc(CCN2C(=O)NC(C)(c3ccc(OC(C)C)cc3)C2=O)c1. The summed E-state index contributed by atoms with van der Waals surface area (Å²) >= 11 is 0. The highest BCUT2D eigenvalue weighted by Crippen LogP contribution is 2.50. The average molecular weight is 637 g/mol. The molecule has 1 saturated heterocycles. The number of carbonyl (C=O) groups is 2. The van der Waals surface area contributed by atoms with Crippen LogP contribution in [0.2, 0.25) is 0 Å². The van der Waals surface area contributed by atoms with E-state index in [0.717, 1.165) is 17.0 Å². The number of hydrogen-bond donors (Lipinski definition) is 2. The molecular weight excluding hydrogens is 602 g/mol. The van der Waals surface area contributed by atoms with E-state index in [4.69, 9.17) is 4.74 Å². The van der Waals surface area contributed by atoms with E-state index in [9.17, 15) is 41.0 Å². The van der Waals surface area contributed by atoms with Crippen LogP contribution in [0.5, 0.6) is 5.75 Å². The van der Waals surface area contributed by atoms with E-state index in [-0.39, 0.29) is 31.1 Å². The van der Waals surface area contributed by atoms with Gasteiger partial charge in [-0.2, -0.15) is 26.3 Å². The summed E-state index contributed by atoms with van der Waals surface area (Å²) in [6.07, 6.45) is -11.2. The Balaban J connectivity index is 1.56. The zero-order valence-corrected chi connectivity index (χ0v) is 25.1. The molecule has 1 atom stereocenters. The predicted octanol–water partition coefficient (Wildman–Crippen LogP) is 7.42. The number of rotatable bonds is 10. The molecule has 3 aromatic rings. The Bertz CT molecular complexity index is 1540. The lowest BCUT2D eigenvalue weighted by molar-refractivity contribution is -0.376. The first-order valence-electron chi connectivity index (χ1n) is 14.4. The van der Waals surface area contributed by atoms with E-state index in [1.165, 1.54) is 0 Å². The van der Waals surface area contributed by atoms with Crippen LogP contribution in [0, 0.1) is 0 Å². The highest BCUT2D eigenvalue weighted by Gasteiger charge is 2.71. The lowest BCUT2D eigenvalue weighted by Crippen LogP contribution is -2.53. The molecule has 1 fully saturated rings. The lowest BCUT2D eigenvalue weighted by Gasteiger charge is -2.33. The number of hydrogen-bond acceptors (Lipinski definition) is 4. The van der Waals surface area contributed by atoms with Crippen molar-refractivity contribution in [2.24, 2.45) is 0 Å². The van der Waals surface area contributed by atoms with Gasteiger partial charge in [0, 0.05) is 12.1 Å². The van der Waals surface area contributed by atoms with Gasteiger partial charge < -0.3 is 15.2 Å². The number of nitrogens with zero attached hydrogens (tertiary/aromatic N) is 1. The minimum atomic E-state index is -5.99. The summed E-state index contributed by atoms with van der Waals surface area (Å²) in [6, 6.07) is 15.6. The lowest BCUT2D eigenvalue weighted by atomic mass is 9.86. The molecule has 0 aromatic heterocycles.